The highest BCUT2D eigenvalue weighted by Gasteiger charge is 2.26. The monoisotopic (exact) mass is 306 g/mol. The standard InChI is InChI=1S/C16H26N4O2/c1-16(2,3)13(11-21)19-15(22)18-12-7-6-8-17-14(12)20-9-4-5-10-20/h6-8,13,21H,4-5,9-11H2,1-3H3,(H2,18,19,22)/t13-/m1/s1. The Kier molecular flexibility index (Phi) is 5.24. The highest BCUT2D eigenvalue weighted by molar-refractivity contribution is 5.92. The van der Waals surface area contributed by atoms with Gasteiger partial charge in [-0.1, -0.05) is 20.8 Å². The number of amides is 2. The number of anilines is 2. The smallest absolute Gasteiger partial charge is 0.319 e. The van der Waals surface area contributed by atoms with Gasteiger partial charge in [0.15, 0.2) is 5.82 Å². The van der Waals surface area contributed by atoms with Gasteiger partial charge in [-0.15, -0.1) is 0 Å². The van der Waals surface area contributed by atoms with E-state index in [1.807, 2.05) is 32.9 Å². The Morgan fingerprint density at radius 1 is 1.41 bits per heavy atom. The molecule has 1 aromatic rings. The molecule has 0 bridgehead atoms. The van der Waals surface area contributed by atoms with Crippen molar-refractivity contribution in [1.29, 1.82) is 0 Å². The third-order valence-electron chi connectivity index (χ3n) is 3.97. The SMILES string of the molecule is CC(C)(C)[C@@H](CO)NC(=O)Nc1cccnc1N1CCCC1. The van der Waals surface area contributed by atoms with E-state index in [9.17, 15) is 9.90 Å². The van der Waals surface area contributed by atoms with Crippen LogP contribution in [0.1, 0.15) is 33.6 Å². The van der Waals surface area contributed by atoms with Crippen molar-refractivity contribution >= 4 is 17.5 Å². The molecular weight excluding hydrogens is 280 g/mol. The molecule has 0 aliphatic carbocycles. The first-order valence-electron chi connectivity index (χ1n) is 7.80. The summed E-state index contributed by atoms with van der Waals surface area (Å²) in [6, 6.07) is 3.04. The van der Waals surface area contributed by atoms with E-state index in [2.05, 4.69) is 20.5 Å². The Morgan fingerprint density at radius 2 is 2.09 bits per heavy atom. The molecule has 1 fully saturated rings. The maximum Gasteiger partial charge on any atom is 0.319 e. The quantitative estimate of drug-likeness (QED) is 0.797. The Hall–Kier alpha value is -1.82. The minimum absolute atomic E-state index is 0.0943. The molecule has 0 unspecified atom stereocenters. The first-order valence-corrected chi connectivity index (χ1v) is 7.80. The maximum absolute atomic E-state index is 12.2. The van der Waals surface area contributed by atoms with Crippen LogP contribution in [-0.2, 0) is 0 Å². The molecule has 1 aromatic heterocycles. The lowest BCUT2D eigenvalue weighted by atomic mass is 9.87. The van der Waals surface area contributed by atoms with Crippen molar-refractivity contribution < 1.29 is 9.90 Å². The van der Waals surface area contributed by atoms with Gasteiger partial charge < -0.3 is 20.6 Å². The van der Waals surface area contributed by atoms with Gasteiger partial charge in [-0.2, -0.15) is 0 Å². The number of nitrogens with one attached hydrogen (secondary N) is 2. The fraction of sp³-hybridized carbons (Fsp3) is 0.625. The van der Waals surface area contributed by atoms with Gasteiger partial charge >= 0.3 is 6.03 Å². The van der Waals surface area contributed by atoms with Gasteiger partial charge in [-0.3, -0.25) is 0 Å². The number of nitrogens with zero attached hydrogens (tertiary/aromatic N) is 2. The van der Waals surface area contributed by atoms with Crippen LogP contribution >= 0.6 is 0 Å². The number of pyridine rings is 1. The number of rotatable bonds is 4. The van der Waals surface area contributed by atoms with Crippen molar-refractivity contribution in [2.24, 2.45) is 5.41 Å². The molecule has 3 N–H and O–H groups in total. The van der Waals surface area contributed by atoms with Gasteiger partial charge in [0.05, 0.1) is 18.3 Å². The van der Waals surface area contributed by atoms with Crippen LogP contribution in [0.5, 0.6) is 0 Å². The third kappa shape index (κ3) is 4.10. The molecular formula is C16H26N4O2. The molecule has 2 heterocycles. The molecule has 2 rings (SSSR count). The highest BCUT2D eigenvalue weighted by atomic mass is 16.3. The lowest BCUT2D eigenvalue weighted by Crippen LogP contribution is -2.47. The van der Waals surface area contributed by atoms with Crippen molar-refractivity contribution in [2.75, 3.05) is 29.9 Å². The summed E-state index contributed by atoms with van der Waals surface area (Å²) >= 11 is 0. The predicted molar refractivity (Wildman–Crippen MR) is 88.2 cm³/mol. The number of carbonyl (C=O) groups excluding carboxylic acids is 1. The van der Waals surface area contributed by atoms with E-state index in [1.54, 1.807) is 6.20 Å². The van der Waals surface area contributed by atoms with E-state index >= 15 is 0 Å². The Morgan fingerprint density at radius 3 is 2.68 bits per heavy atom. The summed E-state index contributed by atoms with van der Waals surface area (Å²) in [6.45, 7) is 7.78. The number of hydrogen-bond acceptors (Lipinski definition) is 4. The second-order valence-corrected chi connectivity index (χ2v) is 6.77. The van der Waals surface area contributed by atoms with Crippen LogP contribution in [-0.4, -0.2) is 41.9 Å². The first-order chi connectivity index (χ1) is 10.4. The van der Waals surface area contributed by atoms with E-state index < -0.39 is 0 Å². The first kappa shape index (κ1) is 16.5. The Labute approximate surface area is 131 Å². The topological polar surface area (TPSA) is 77.5 Å². The second kappa shape index (κ2) is 6.96. The average Bonchev–Trinajstić information content (AvgIpc) is 2.98. The zero-order valence-electron chi connectivity index (χ0n) is 13.6. The molecule has 122 valence electrons. The molecule has 1 aliphatic heterocycles. The van der Waals surface area contributed by atoms with E-state index in [-0.39, 0.29) is 24.1 Å². The number of hydrogen-bond donors (Lipinski definition) is 3. The average molecular weight is 306 g/mol. The van der Waals surface area contributed by atoms with Crippen LogP contribution in [0.25, 0.3) is 0 Å². The summed E-state index contributed by atoms with van der Waals surface area (Å²) in [6.07, 6.45) is 4.04. The lowest BCUT2D eigenvalue weighted by Gasteiger charge is -2.30. The van der Waals surface area contributed by atoms with E-state index in [1.165, 1.54) is 0 Å². The van der Waals surface area contributed by atoms with Gasteiger partial charge in [-0.25, -0.2) is 9.78 Å². The number of aliphatic hydroxyl groups excluding tert-OH is 1. The van der Waals surface area contributed by atoms with E-state index in [0.29, 0.717) is 5.69 Å². The van der Waals surface area contributed by atoms with Crippen LogP contribution < -0.4 is 15.5 Å². The van der Waals surface area contributed by atoms with Crippen molar-refractivity contribution in [1.82, 2.24) is 10.3 Å². The van der Waals surface area contributed by atoms with Crippen molar-refractivity contribution in [2.45, 2.75) is 39.7 Å². The summed E-state index contributed by atoms with van der Waals surface area (Å²) in [7, 11) is 0. The molecule has 22 heavy (non-hydrogen) atoms. The number of aromatic nitrogens is 1. The Balaban J connectivity index is 2.05. The second-order valence-electron chi connectivity index (χ2n) is 6.77. The lowest BCUT2D eigenvalue weighted by molar-refractivity contribution is 0.162. The Bertz CT molecular complexity index is 507. The van der Waals surface area contributed by atoms with Gasteiger partial charge in [-0.05, 0) is 30.4 Å². The predicted octanol–water partition coefficient (Wildman–Crippen LogP) is 2.21. The zero-order chi connectivity index (χ0) is 16.2. The molecule has 6 nitrogen and oxygen atoms in total. The minimum atomic E-state index is -0.317. The molecule has 0 aromatic carbocycles. The summed E-state index contributed by atoms with van der Waals surface area (Å²) in [5.74, 6) is 0.812. The summed E-state index contributed by atoms with van der Waals surface area (Å²) in [5.41, 5.74) is 0.492. The van der Waals surface area contributed by atoms with Gasteiger partial charge in [0.25, 0.3) is 0 Å². The normalized spacial score (nSPS) is 16.5. The van der Waals surface area contributed by atoms with Crippen molar-refractivity contribution in [3.05, 3.63) is 18.3 Å². The largest absolute Gasteiger partial charge is 0.394 e. The van der Waals surface area contributed by atoms with Gasteiger partial charge in [0.1, 0.15) is 0 Å². The fourth-order valence-corrected chi connectivity index (χ4v) is 2.53. The minimum Gasteiger partial charge on any atom is -0.394 e. The molecule has 0 spiro atoms. The van der Waals surface area contributed by atoms with Crippen LogP contribution in [0.15, 0.2) is 18.3 Å². The highest BCUT2D eigenvalue weighted by Crippen LogP contribution is 2.26. The number of aliphatic hydroxyl groups is 1. The molecule has 0 saturated carbocycles. The molecule has 2 amide bonds. The zero-order valence-corrected chi connectivity index (χ0v) is 13.6. The fourth-order valence-electron chi connectivity index (χ4n) is 2.53. The molecule has 1 atom stereocenters. The molecule has 1 saturated heterocycles. The van der Waals surface area contributed by atoms with Crippen LogP contribution in [0.2, 0.25) is 0 Å². The van der Waals surface area contributed by atoms with E-state index in [0.717, 1.165) is 31.7 Å². The third-order valence-corrected chi connectivity index (χ3v) is 3.97. The summed E-state index contributed by atoms with van der Waals surface area (Å²) < 4.78 is 0. The molecule has 1 aliphatic rings. The maximum atomic E-state index is 12.2. The molecule has 6 heteroatoms. The van der Waals surface area contributed by atoms with Crippen LogP contribution in [0, 0.1) is 5.41 Å². The van der Waals surface area contributed by atoms with Crippen LogP contribution in [0.4, 0.5) is 16.3 Å². The molecule has 0 radical (unpaired) electrons. The summed E-state index contributed by atoms with van der Waals surface area (Å²) in [5, 5.41) is 15.1. The summed E-state index contributed by atoms with van der Waals surface area (Å²) in [4.78, 5) is 18.8. The van der Waals surface area contributed by atoms with E-state index in [4.69, 9.17) is 0 Å². The van der Waals surface area contributed by atoms with Crippen molar-refractivity contribution in [3.63, 3.8) is 0 Å². The van der Waals surface area contributed by atoms with Gasteiger partial charge in [0.2, 0.25) is 0 Å². The number of carbonyl (C=O) groups is 1. The van der Waals surface area contributed by atoms with Gasteiger partial charge in [0, 0.05) is 19.3 Å². The van der Waals surface area contributed by atoms with Crippen molar-refractivity contribution in [3.8, 4) is 0 Å². The van der Waals surface area contributed by atoms with Crippen LogP contribution in [0.3, 0.4) is 0 Å². The number of urea groups is 1.